The zero-order valence-electron chi connectivity index (χ0n) is 12.6. The molecule has 2 aromatic heterocycles. The molecule has 0 spiro atoms. The summed E-state index contributed by atoms with van der Waals surface area (Å²) >= 11 is 0. The van der Waals surface area contributed by atoms with Crippen LogP contribution in [0.5, 0.6) is 0 Å². The molecule has 22 heavy (non-hydrogen) atoms. The maximum atomic E-state index is 10.2. The van der Waals surface area contributed by atoms with E-state index in [0.29, 0.717) is 12.4 Å². The average molecular weight is 297 g/mol. The van der Waals surface area contributed by atoms with Crippen molar-refractivity contribution in [3.8, 4) is 0 Å². The molecule has 1 aliphatic heterocycles. The van der Waals surface area contributed by atoms with Gasteiger partial charge in [-0.1, -0.05) is 18.2 Å². The Balaban J connectivity index is 2.04. The van der Waals surface area contributed by atoms with Crippen molar-refractivity contribution in [2.45, 2.75) is 31.9 Å². The van der Waals surface area contributed by atoms with Gasteiger partial charge in [-0.25, -0.2) is 4.98 Å². The van der Waals surface area contributed by atoms with Crippen LogP contribution in [0, 0.1) is 0 Å². The van der Waals surface area contributed by atoms with E-state index in [-0.39, 0.29) is 6.04 Å². The monoisotopic (exact) mass is 297 g/mol. The third-order valence-electron chi connectivity index (χ3n) is 4.33. The Morgan fingerprint density at radius 1 is 1.32 bits per heavy atom. The highest BCUT2D eigenvalue weighted by Gasteiger charge is 2.25. The van der Waals surface area contributed by atoms with Gasteiger partial charge in [0.15, 0.2) is 0 Å². The first-order valence-corrected chi connectivity index (χ1v) is 7.77. The second-order valence-electron chi connectivity index (χ2n) is 5.90. The van der Waals surface area contributed by atoms with Crippen LogP contribution < -0.4 is 0 Å². The number of aromatic nitrogens is 3. The molecule has 1 aromatic carbocycles. The second kappa shape index (κ2) is 5.34. The Bertz CT molecular complexity index is 819. The fourth-order valence-corrected chi connectivity index (χ4v) is 3.33. The van der Waals surface area contributed by atoms with E-state index in [1.807, 2.05) is 18.2 Å². The predicted molar refractivity (Wildman–Crippen MR) is 84.8 cm³/mol. The van der Waals surface area contributed by atoms with Gasteiger partial charge in [-0.3, -0.25) is 4.98 Å². The highest BCUT2D eigenvalue weighted by Crippen LogP contribution is 2.32. The van der Waals surface area contributed by atoms with Crippen LogP contribution in [0.1, 0.15) is 37.7 Å². The normalized spacial score (nSPS) is 20.5. The van der Waals surface area contributed by atoms with E-state index in [4.69, 9.17) is 4.74 Å². The summed E-state index contributed by atoms with van der Waals surface area (Å²) in [6.07, 6.45) is 3.26. The van der Waals surface area contributed by atoms with Crippen molar-refractivity contribution in [1.82, 2.24) is 14.5 Å². The van der Waals surface area contributed by atoms with Crippen molar-refractivity contribution in [2.24, 2.45) is 0 Å². The summed E-state index contributed by atoms with van der Waals surface area (Å²) in [5.41, 5.74) is 2.84. The molecule has 1 aliphatic rings. The molecular formula is C17H19N3O2. The number of fused-ring (bicyclic) bond motifs is 3. The number of aliphatic hydroxyl groups is 1. The highest BCUT2D eigenvalue weighted by molar-refractivity contribution is 6.02. The van der Waals surface area contributed by atoms with Gasteiger partial charge in [-0.15, -0.1) is 0 Å². The van der Waals surface area contributed by atoms with Gasteiger partial charge in [0.2, 0.25) is 0 Å². The summed E-state index contributed by atoms with van der Waals surface area (Å²) in [5.74, 6) is 0.698. The fourth-order valence-electron chi connectivity index (χ4n) is 3.33. The summed E-state index contributed by atoms with van der Waals surface area (Å²) < 4.78 is 7.83. The topological polar surface area (TPSA) is 60.2 Å². The summed E-state index contributed by atoms with van der Waals surface area (Å²) in [7, 11) is 0. The Morgan fingerprint density at radius 2 is 2.18 bits per heavy atom. The number of benzene rings is 1. The van der Waals surface area contributed by atoms with Gasteiger partial charge < -0.3 is 14.4 Å². The standard InChI is InChI=1S/C17H19N3O2/c1-11(21)17-19-15-9-18-14-7-3-2-6-13(14)16(15)20(17)12-5-4-8-22-10-12/h2-3,6-7,9,11-12,21H,4-5,8,10H2,1H3/t11-,12-/m1/s1. The molecule has 1 saturated heterocycles. The molecule has 0 radical (unpaired) electrons. The van der Waals surface area contributed by atoms with E-state index in [2.05, 4.69) is 20.6 Å². The lowest BCUT2D eigenvalue weighted by molar-refractivity contribution is 0.0565. The third kappa shape index (κ3) is 2.09. The maximum absolute atomic E-state index is 10.2. The fraction of sp³-hybridized carbons (Fsp3) is 0.412. The number of hydrogen-bond acceptors (Lipinski definition) is 4. The maximum Gasteiger partial charge on any atom is 0.138 e. The van der Waals surface area contributed by atoms with Gasteiger partial charge in [0, 0.05) is 12.0 Å². The van der Waals surface area contributed by atoms with Gasteiger partial charge in [0.05, 0.1) is 29.9 Å². The lowest BCUT2D eigenvalue weighted by Crippen LogP contribution is -2.23. The molecule has 0 unspecified atom stereocenters. The van der Waals surface area contributed by atoms with Gasteiger partial charge in [-0.2, -0.15) is 0 Å². The molecule has 0 amide bonds. The van der Waals surface area contributed by atoms with Crippen LogP contribution in [0.2, 0.25) is 0 Å². The smallest absolute Gasteiger partial charge is 0.138 e. The van der Waals surface area contributed by atoms with E-state index in [1.54, 1.807) is 13.1 Å². The molecule has 5 nitrogen and oxygen atoms in total. The molecule has 114 valence electrons. The Labute approximate surface area is 128 Å². The minimum atomic E-state index is -0.618. The van der Waals surface area contributed by atoms with E-state index in [0.717, 1.165) is 41.4 Å². The molecule has 3 aromatic rings. The molecular weight excluding hydrogens is 278 g/mol. The van der Waals surface area contributed by atoms with Gasteiger partial charge in [0.1, 0.15) is 17.4 Å². The number of ether oxygens (including phenoxy) is 1. The summed E-state index contributed by atoms with van der Waals surface area (Å²) in [6.45, 7) is 3.24. The Hall–Kier alpha value is -1.98. The molecule has 1 fully saturated rings. The van der Waals surface area contributed by atoms with Gasteiger partial charge >= 0.3 is 0 Å². The summed E-state index contributed by atoms with van der Waals surface area (Å²) in [6, 6.07) is 8.29. The van der Waals surface area contributed by atoms with Crippen LogP contribution in [-0.2, 0) is 4.74 Å². The van der Waals surface area contributed by atoms with Crippen LogP contribution in [0.15, 0.2) is 30.5 Å². The van der Waals surface area contributed by atoms with Crippen LogP contribution in [-0.4, -0.2) is 32.9 Å². The predicted octanol–water partition coefficient (Wildman–Crippen LogP) is 2.99. The highest BCUT2D eigenvalue weighted by atomic mass is 16.5. The molecule has 3 heterocycles. The Morgan fingerprint density at radius 3 is 2.95 bits per heavy atom. The molecule has 2 atom stereocenters. The molecule has 4 rings (SSSR count). The minimum Gasteiger partial charge on any atom is -0.385 e. The van der Waals surface area contributed by atoms with E-state index in [1.165, 1.54) is 0 Å². The number of rotatable bonds is 2. The SMILES string of the molecule is C[C@@H](O)c1nc2cnc3ccccc3c2n1[C@@H]1CCCOC1. The lowest BCUT2D eigenvalue weighted by Gasteiger charge is -2.26. The van der Waals surface area contributed by atoms with E-state index in [9.17, 15) is 5.11 Å². The van der Waals surface area contributed by atoms with Crippen molar-refractivity contribution in [3.63, 3.8) is 0 Å². The molecule has 0 aliphatic carbocycles. The second-order valence-corrected chi connectivity index (χ2v) is 5.90. The third-order valence-corrected chi connectivity index (χ3v) is 4.33. The van der Waals surface area contributed by atoms with Crippen LogP contribution in [0.3, 0.4) is 0 Å². The number of pyridine rings is 1. The first kappa shape index (κ1) is 13.7. The molecule has 1 N–H and O–H groups in total. The van der Waals surface area contributed by atoms with Crippen molar-refractivity contribution in [1.29, 1.82) is 0 Å². The molecule has 0 bridgehead atoms. The zero-order valence-corrected chi connectivity index (χ0v) is 12.6. The summed E-state index contributed by atoms with van der Waals surface area (Å²) in [4.78, 5) is 9.11. The van der Waals surface area contributed by atoms with Crippen LogP contribution >= 0.6 is 0 Å². The van der Waals surface area contributed by atoms with Gasteiger partial charge in [-0.05, 0) is 25.8 Å². The van der Waals surface area contributed by atoms with Crippen LogP contribution in [0.25, 0.3) is 21.9 Å². The average Bonchev–Trinajstić information content (AvgIpc) is 2.96. The first-order chi connectivity index (χ1) is 10.8. The Kier molecular flexibility index (Phi) is 3.32. The molecule has 0 saturated carbocycles. The van der Waals surface area contributed by atoms with E-state index < -0.39 is 6.10 Å². The zero-order chi connectivity index (χ0) is 15.1. The minimum absolute atomic E-state index is 0.217. The van der Waals surface area contributed by atoms with E-state index >= 15 is 0 Å². The number of para-hydroxylation sites is 1. The van der Waals surface area contributed by atoms with Crippen LogP contribution in [0.4, 0.5) is 0 Å². The number of hydrogen-bond donors (Lipinski definition) is 1. The quantitative estimate of drug-likeness (QED) is 0.790. The number of imidazole rings is 1. The van der Waals surface area contributed by atoms with Crippen molar-refractivity contribution in [3.05, 3.63) is 36.3 Å². The van der Waals surface area contributed by atoms with Crippen molar-refractivity contribution in [2.75, 3.05) is 13.2 Å². The molecule has 5 heteroatoms. The van der Waals surface area contributed by atoms with Gasteiger partial charge in [0.25, 0.3) is 0 Å². The number of nitrogens with zero attached hydrogens (tertiary/aromatic N) is 3. The summed E-state index contributed by atoms with van der Waals surface area (Å²) in [5, 5.41) is 11.2. The largest absolute Gasteiger partial charge is 0.385 e. The van der Waals surface area contributed by atoms with Crippen molar-refractivity contribution >= 4 is 21.9 Å². The first-order valence-electron chi connectivity index (χ1n) is 7.77. The van der Waals surface area contributed by atoms with Crippen molar-refractivity contribution < 1.29 is 9.84 Å². The number of aliphatic hydroxyl groups excluding tert-OH is 1. The lowest BCUT2D eigenvalue weighted by atomic mass is 10.1.